The van der Waals surface area contributed by atoms with Crippen molar-refractivity contribution in [3.63, 3.8) is 0 Å². The lowest BCUT2D eigenvalue weighted by Gasteiger charge is -2.46. The van der Waals surface area contributed by atoms with Gasteiger partial charge in [-0.1, -0.05) is 103 Å². The van der Waals surface area contributed by atoms with Crippen LogP contribution in [0.4, 0.5) is 105 Å². The van der Waals surface area contributed by atoms with Gasteiger partial charge in [0.05, 0.1) is 63.3 Å². The molecular formula is C51H28BClF24N2O. The lowest BCUT2D eigenvalue weighted by molar-refractivity contribution is -0.690. The number of ketones is 1. The second-order valence-corrected chi connectivity index (χ2v) is 18.0. The molecule has 6 aromatic carbocycles. The molecule has 0 aliphatic heterocycles. The Bertz CT molecular complexity index is 2940. The molecule has 0 fully saturated rings. The fourth-order valence-electron chi connectivity index (χ4n) is 8.52. The number of carbonyl (C=O) groups is 1. The molecule has 0 N–H and O–H groups in total. The third-order valence-electron chi connectivity index (χ3n) is 12.0. The minimum Gasteiger partial charge on any atom is -0.287 e. The number of Topliss-reactive ketones (excluding diaryl/α,β-unsaturated/α-hetero) is 1. The van der Waals surface area contributed by atoms with Gasteiger partial charge in [0.1, 0.15) is 6.15 Å². The molecule has 7 rings (SSSR count). The molecule has 0 unspecified atom stereocenters. The van der Waals surface area contributed by atoms with E-state index in [-0.39, 0.29) is 5.78 Å². The van der Waals surface area contributed by atoms with Crippen molar-refractivity contribution in [2.45, 2.75) is 62.4 Å². The highest BCUT2D eigenvalue weighted by Crippen LogP contribution is 2.41. The van der Waals surface area contributed by atoms with Gasteiger partial charge in [0.25, 0.3) is 0 Å². The van der Waals surface area contributed by atoms with Crippen molar-refractivity contribution in [2.24, 2.45) is 0 Å². The predicted molar refractivity (Wildman–Crippen MR) is 240 cm³/mol. The molecule has 0 spiro atoms. The molecule has 0 saturated heterocycles. The van der Waals surface area contributed by atoms with Crippen molar-refractivity contribution in [3.05, 3.63) is 212 Å². The Morgan fingerprint density at radius 3 is 1.01 bits per heavy atom. The Morgan fingerprint density at radius 1 is 0.412 bits per heavy atom. The average Bonchev–Trinajstić information content (AvgIpc) is 3.33. The van der Waals surface area contributed by atoms with Crippen LogP contribution in [0.15, 0.2) is 146 Å². The molecule has 80 heavy (non-hydrogen) atoms. The minimum atomic E-state index is -6.13. The fourth-order valence-corrected chi connectivity index (χ4v) is 8.73. The van der Waals surface area contributed by atoms with Crippen LogP contribution >= 0.6 is 11.6 Å². The zero-order valence-electron chi connectivity index (χ0n) is 39.1. The van der Waals surface area contributed by atoms with E-state index in [0.29, 0.717) is 23.6 Å². The van der Waals surface area contributed by atoms with Crippen LogP contribution in [-0.4, -0.2) is 16.9 Å². The number of alkyl halides is 24. The van der Waals surface area contributed by atoms with E-state index in [9.17, 15) is 110 Å². The highest BCUT2D eigenvalue weighted by Gasteiger charge is 2.47. The molecule has 0 bridgehead atoms. The highest BCUT2D eigenvalue weighted by molar-refractivity contribution is 7.20. The summed E-state index contributed by atoms with van der Waals surface area (Å²) in [6.45, 7) is 0.294. The van der Waals surface area contributed by atoms with Gasteiger partial charge in [-0.15, -0.1) is 0 Å². The third kappa shape index (κ3) is 14.6. The monoisotopic (exact) mass is 1190 g/mol. The molecule has 0 atom stereocenters. The first kappa shape index (κ1) is 61.9. The van der Waals surface area contributed by atoms with E-state index >= 15 is 0 Å². The van der Waals surface area contributed by atoms with Crippen molar-refractivity contribution in [1.82, 2.24) is 4.98 Å². The van der Waals surface area contributed by atoms with Gasteiger partial charge in [-0.25, -0.2) is 0 Å². The van der Waals surface area contributed by atoms with Gasteiger partial charge in [0.15, 0.2) is 6.20 Å². The molecule has 0 aliphatic rings. The van der Waals surface area contributed by atoms with E-state index in [2.05, 4.69) is 4.98 Å². The Morgan fingerprint density at radius 2 is 0.725 bits per heavy atom. The fraction of sp³-hybridized carbons (Fsp3) is 0.196. The summed E-state index contributed by atoms with van der Waals surface area (Å²) in [4.78, 5) is 16.6. The number of halogens is 25. The van der Waals surface area contributed by atoms with Crippen LogP contribution < -0.4 is 26.4 Å². The molecule has 1 aromatic heterocycles. The molecule has 7 aromatic rings. The topological polar surface area (TPSA) is 33.8 Å². The summed E-state index contributed by atoms with van der Waals surface area (Å²) >= 11 is 6.04. The van der Waals surface area contributed by atoms with Crippen molar-refractivity contribution in [1.29, 1.82) is 0 Å². The van der Waals surface area contributed by atoms with Crippen LogP contribution in [-0.2, 0) is 62.4 Å². The zero-order chi connectivity index (χ0) is 60.0. The maximum atomic E-state index is 14.2. The number of aromatic nitrogens is 2. The van der Waals surface area contributed by atoms with Crippen LogP contribution in [0, 0.1) is 0 Å². The normalized spacial score (nSPS) is 13.2. The zero-order valence-corrected chi connectivity index (χ0v) is 39.9. The average molecular weight is 1190 g/mol. The lowest BCUT2D eigenvalue weighted by Crippen LogP contribution is -2.75. The molecular weight excluding hydrogens is 1160 g/mol. The summed E-state index contributed by atoms with van der Waals surface area (Å²) in [5, 5.41) is 0.707. The Hall–Kier alpha value is -7.26. The summed E-state index contributed by atoms with van der Waals surface area (Å²) in [7, 11) is 0. The Balaban J connectivity index is 0.000000370. The van der Waals surface area contributed by atoms with E-state index in [4.69, 9.17) is 11.6 Å². The van der Waals surface area contributed by atoms with E-state index in [1.807, 2.05) is 65.4 Å². The maximum absolute atomic E-state index is 14.2. The van der Waals surface area contributed by atoms with Gasteiger partial charge in [-0.2, -0.15) is 132 Å². The second kappa shape index (κ2) is 22.0. The number of hydrogen-bond acceptors (Lipinski definition) is 2. The molecule has 0 saturated carbocycles. The smallest absolute Gasteiger partial charge is 0.287 e. The molecule has 0 aliphatic carbocycles. The maximum Gasteiger partial charge on any atom is 0.416 e. The lowest BCUT2D eigenvalue weighted by atomic mass is 9.12. The Labute approximate surface area is 439 Å². The number of hydrogen-bond donors (Lipinski definition) is 0. The standard InChI is InChI=1S/C32H12BF24.C19H16ClN2O/c34-25(35,36)13-1-14(26(37,38)39)6-21(5-13)33(22-7-15(27(40,41)42)2-16(8-22)28(43,44)45,23-9-17(29(46,47)48)3-18(10-23)30(49,50)51)24-11-19(31(52,53)54)4-20(12-24)32(55,56)57;20-17-8-4-5-15(11-17)12-18-13-21-9-10-22(18)14-19(23)16-6-2-1-3-7-16/h1-12H;1-11,13H,12,14H2/q-1;+1. The SMILES string of the molecule is FC(F)(F)c1cc([B-](c2cc(C(F)(F)F)cc(C(F)(F)F)c2)(c2cc(C(F)(F)F)cc(C(F)(F)F)c2)c2cc(C(F)(F)F)cc(C(F)(F)F)c2)cc(C(F)(F)F)c1.O=C(C[n+]1ccncc1Cc1cccc(Cl)c1)c1ccccc1. The summed E-state index contributed by atoms with van der Waals surface area (Å²) in [5.41, 5.74) is -27.4. The molecule has 29 heteroatoms. The van der Waals surface area contributed by atoms with Gasteiger partial charge in [0, 0.05) is 10.6 Å². The molecule has 0 radical (unpaired) electrons. The summed E-state index contributed by atoms with van der Waals surface area (Å²) in [6, 6.07) is 8.22. The second-order valence-electron chi connectivity index (χ2n) is 17.5. The first-order chi connectivity index (χ1) is 36.5. The van der Waals surface area contributed by atoms with Crippen molar-refractivity contribution >= 4 is 45.4 Å². The van der Waals surface area contributed by atoms with Crippen molar-refractivity contribution in [3.8, 4) is 0 Å². The van der Waals surface area contributed by atoms with Crippen molar-refractivity contribution < 1.29 is 115 Å². The number of carbonyl (C=O) groups excluding carboxylic acids is 1. The molecule has 3 nitrogen and oxygen atoms in total. The van der Waals surface area contributed by atoms with Crippen molar-refractivity contribution in [2.75, 3.05) is 0 Å². The van der Waals surface area contributed by atoms with Gasteiger partial charge in [-0.05, 0) is 42.0 Å². The van der Waals surface area contributed by atoms with Crippen LogP contribution in [0.2, 0.25) is 5.02 Å². The summed E-state index contributed by atoms with van der Waals surface area (Å²) in [5.74, 6) is 0.0779. The Kier molecular flexibility index (Phi) is 17.0. The van der Waals surface area contributed by atoms with Crippen LogP contribution in [0.1, 0.15) is 66.1 Å². The molecule has 0 amide bonds. The first-order valence-corrected chi connectivity index (χ1v) is 22.4. The summed E-state index contributed by atoms with van der Waals surface area (Å²) < 4.78 is 343. The van der Waals surface area contributed by atoms with E-state index in [1.165, 1.54) is 0 Å². The van der Waals surface area contributed by atoms with Gasteiger partial charge < -0.3 is 0 Å². The predicted octanol–water partition coefficient (Wildman–Crippen LogP) is 14.7. The number of rotatable bonds is 9. The van der Waals surface area contributed by atoms with Gasteiger partial charge in [0.2, 0.25) is 18.0 Å². The third-order valence-corrected chi connectivity index (χ3v) is 12.3. The van der Waals surface area contributed by atoms with E-state index < -0.39 is 195 Å². The first-order valence-electron chi connectivity index (χ1n) is 22.0. The van der Waals surface area contributed by atoms with Gasteiger partial charge >= 0.3 is 49.4 Å². The van der Waals surface area contributed by atoms with Crippen LogP contribution in [0.5, 0.6) is 0 Å². The van der Waals surface area contributed by atoms with Gasteiger partial charge in [-0.3, -0.25) is 9.78 Å². The minimum absolute atomic E-state index is 0.0779. The largest absolute Gasteiger partial charge is 0.416 e. The molecule has 426 valence electrons. The highest BCUT2D eigenvalue weighted by atomic mass is 35.5. The number of benzene rings is 6. The summed E-state index contributed by atoms with van der Waals surface area (Å²) in [6.07, 6.45) is -48.8. The number of nitrogens with zero attached hydrogens (tertiary/aromatic N) is 2. The van der Waals surface area contributed by atoms with Crippen LogP contribution in [0.25, 0.3) is 0 Å². The van der Waals surface area contributed by atoms with Crippen LogP contribution in [0.3, 0.4) is 0 Å². The van der Waals surface area contributed by atoms with E-state index in [1.54, 1.807) is 12.4 Å². The molecule has 1 heterocycles. The quantitative estimate of drug-likeness (QED) is 0.0625. The van der Waals surface area contributed by atoms with E-state index in [0.717, 1.165) is 11.3 Å².